The zero-order valence-electron chi connectivity index (χ0n) is 20.5. The quantitative estimate of drug-likeness (QED) is 0.504. The Morgan fingerprint density at radius 3 is 2.29 bits per heavy atom. The van der Waals surface area contributed by atoms with E-state index in [1.165, 1.54) is 11.1 Å². The predicted octanol–water partition coefficient (Wildman–Crippen LogP) is 3.76. The molecule has 1 aliphatic carbocycles. The second kappa shape index (κ2) is 9.67. The Labute approximate surface area is 213 Å². The Kier molecular flexibility index (Phi) is 6.98. The van der Waals surface area contributed by atoms with E-state index in [1.807, 2.05) is 35.4 Å². The lowest BCUT2D eigenvalue weighted by Gasteiger charge is -2.40. The number of rotatable bonds is 5. The topological polar surface area (TPSA) is 91.2 Å². The van der Waals surface area contributed by atoms with E-state index in [4.69, 9.17) is 5.73 Å². The van der Waals surface area contributed by atoms with Gasteiger partial charge in [0, 0.05) is 36.6 Å². The van der Waals surface area contributed by atoms with E-state index < -0.39 is 11.6 Å². The van der Waals surface area contributed by atoms with Crippen LogP contribution < -0.4 is 11.1 Å². The van der Waals surface area contributed by atoms with Gasteiger partial charge in [-0.05, 0) is 67.7 Å². The first-order valence-corrected chi connectivity index (χ1v) is 12.2. The van der Waals surface area contributed by atoms with Gasteiger partial charge < -0.3 is 20.9 Å². The molecule has 1 atom stereocenters. The summed E-state index contributed by atoms with van der Waals surface area (Å²) in [6, 6.07) is 16.1. The zero-order chi connectivity index (χ0) is 23.9. The Balaban J connectivity index is 0.00000289. The highest BCUT2D eigenvalue weighted by Gasteiger charge is 2.41. The van der Waals surface area contributed by atoms with Crippen LogP contribution in [-0.2, 0) is 28.9 Å². The van der Waals surface area contributed by atoms with Crippen molar-refractivity contribution >= 4 is 35.1 Å². The zero-order valence-corrected chi connectivity index (χ0v) is 21.3. The summed E-state index contributed by atoms with van der Waals surface area (Å²) in [6.45, 7) is 4.77. The maximum Gasteiger partial charge on any atom is 0.245 e. The van der Waals surface area contributed by atoms with Gasteiger partial charge in [0.2, 0.25) is 11.8 Å². The van der Waals surface area contributed by atoms with E-state index in [1.54, 1.807) is 13.8 Å². The summed E-state index contributed by atoms with van der Waals surface area (Å²) in [7, 11) is 0. The number of para-hydroxylation sites is 1. The molecule has 7 heteroatoms. The van der Waals surface area contributed by atoms with Gasteiger partial charge in [-0.15, -0.1) is 12.4 Å². The summed E-state index contributed by atoms with van der Waals surface area (Å²) < 4.78 is 0. The van der Waals surface area contributed by atoms with E-state index in [9.17, 15) is 9.59 Å². The van der Waals surface area contributed by atoms with Crippen LogP contribution in [0.5, 0.6) is 0 Å². The van der Waals surface area contributed by atoms with Crippen LogP contribution in [0.4, 0.5) is 0 Å². The molecule has 3 aromatic rings. The van der Waals surface area contributed by atoms with E-state index in [0.717, 1.165) is 55.2 Å². The minimum atomic E-state index is -1.06. The maximum atomic E-state index is 13.7. The molecule has 1 saturated heterocycles. The van der Waals surface area contributed by atoms with Crippen molar-refractivity contribution in [2.75, 3.05) is 13.1 Å². The van der Waals surface area contributed by atoms with Crippen molar-refractivity contribution in [1.29, 1.82) is 0 Å². The van der Waals surface area contributed by atoms with E-state index in [2.05, 4.69) is 34.6 Å². The van der Waals surface area contributed by atoms with Gasteiger partial charge in [0.15, 0.2) is 0 Å². The summed E-state index contributed by atoms with van der Waals surface area (Å²) in [5, 5.41) is 4.04. The van der Waals surface area contributed by atoms with E-state index in [-0.39, 0.29) is 29.6 Å². The van der Waals surface area contributed by atoms with Crippen LogP contribution >= 0.6 is 12.4 Å². The van der Waals surface area contributed by atoms with Crippen molar-refractivity contribution in [3.63, 3.8) is 0 Å². The highest BCUT2D eigenvalue weighted by molar-refractivity contribution is 5.92. The summed E-state index contributed by atoms with van der Waals surface area (Å²) >= 11 is 0. The number of nitrogens with one attached hydrogen (secondary N) is 2. The number of halogens is 1. The first kappa shape index (κ1) is 25.3. The largest absolute Gasteiger partial charge is 0.361 e. The molecule has 2 heterocycles. The third kappa shape index (κ3) is 5.09. The number of H-pyrrole nitrogens is 1. The standard InChI is InChI=1S/C28H34N4O2.ClH/c1-27(2,29)26(34)31-24(15-21-18-30-23-10-6-5-9-22(21)23)25(33)32-13-11-28(12-14-32)16-19-7-3-4-8-20(19)17-28;/h3-10,18,24,30H,11-17,29H2,1-2H3,(H,31,34);1H/t24-;/m1./s1. The van der Waals surface area contributed by atoms with Crippen molar-refractivity contribution in [2.24, 2.45) is 11.1 Å². The van der Waals surface area contributed by atoms with Crippen LogP contribution in [0.1, 0.15) is 43.4 Å². The molecule has 186 valence electrons. The molecule has 1 fully saturated rings. The van der Waals surface area contributed by atoms with Crippen LogP contribution in [0, 0.1) is 5.41 Å². The maximum absolute atomic E-state index is 13.7. The lowest BCUT2D eigenvalue weighted by atomic mass is 9.76. The number of carbonyl (C=O) groups excluding carboxylic acids is 2. The van der Waals surface area contributed by atoms with Crippen LogP contribution in [-0.4, -0.2) is 46.4 Å². The van der Waals surface area contributed by atoms with E-state index in [0.29, 0.717) is 6.42 Å². The molecule has 2 aliphatic rings. The minimum Gasteiger partial charge on any atom is -0.361 e. The number of aromatic amines is 1. The molecule has 1 aliphatic heterocycles. The molecule has 2 aromatic carbocycles. The summed E-state index contributed by atoms with van der Waals surface area (Å²) in [4.78, 5) is 31.7. The molecule has 0 radical (unpaired) electrons. The van der Waals surface area contributed by atoms with Crippen molar-refractivity contribution in [3.05, 3.63) is 71.4 Å². The van der Waals surface area contributed by atoms with Crippen molar-refractivity contribution < 1.29 is 9.59 Å². The summed E-state index contributed by atoms with van der Waals surface area (Å²) in [5.74, 6) is -0.335. The Bertz CT molecular complexity index is 1190. The Hall–Kier alpha value is -2.83. The Morgan fingerprint density at radius 1 is 1.06 bits per heavy atom. The van der Waals surface area contributed by atoms with Crippen LogP contribution in [0.2, 0.25) is 0 Å². The fourth-order valence-electron chi connectivity index (χ4n) is 5.61. The second-order valence-corrected chi connectivity index (χ2v) is 10.8. The SMILES string of the molecule is CC(C)(N)C(=O)N[C@H](Cc1c[nH]c2ccccc12)C(=O)N1CCC2(CC1)Cc1ccccc1C2.Cl. The minimum absolute atomic E-state index is 0. The monoisotopic (exact) mass is 494 g/mol. The van der Waals surface area contributed by atoms with Gasteiger partial charge in [-0.3, -0.25) is 9.59 Å². The molecule has 4 N–H and O–H groups in total. The van der Waals surface area contributed by atoms with Gasteiger partial charge in [0.25, 0.3) is 0 Å². The molecule has 1 spiro atoms. The smallest absolute Gasteiger partial charge is 0.245 e. The number of hydrogen-bond acceptors (Lipinski definition) is 3. The highest BCUT2D eigenvalue weighted by Crippen LogP contribution is 2.44. The molecule has 0 saturated carbocycles. The molecule has 1 aromatic heterocycles. The van der Waals surface area contributed by atoms with Crippen LogP contribution in [0.25, 0.3) is 10.9 Å². The third-order valence-corrected chi connectivity index (χ3v) is 7.67. The van der Waals surface area contributed by atoms with Crippen molar-refractivity contribution in [3.8, 4) is 0 Å². The normalized spacial score (nSPS) is 17.6. The molecule has 2 amide bonds. The molecule has 35 heavy (non-hydrogen) atoms. The number of nitrogens with zero attached hydrogens (tertiary/aromatic N) is 1. The lowest BCUT2D eigenvalue weighted by Crippen LogP contribution is -2.58. The number of nitrogens with two attached hydrogens (primary N) is 1. The van der Waals surface area contributed by atoms with Gasteiger partial charge in [0.05, 0.1) is 5.54 Å². The number of amides is 2. The number of piperidine rings is 1. The summed E-state index contributed by atoms with van der Waals surface area (Å²) in [5.41, 5.74) is 10.2. The van der Waals surface area contributed by atoms with Gasteiger partial charge in [-0.25, -0.2) is 0 Å². The van der Waals surface area contributed by atoms with Gasteiger partial charge in [-0.2, -0.15) is 0 Å². The number of aromatic nitrogens is 1. The number of hydrogen-bond donors (Lipinski definition) is 3. The first-order chi connectivity index (χ1) is 16.2. The fraction of sp³-hybridized carbons (Fsp3) is 0.429. The fourth-order valence-corrected chi connectivity index (χ4v) is 5.61. The van der Waals surface area contributed by atoms with Crippen molar-refractivity contribution in [2.45, 2.75) is 57.5 Å². The number of carbonyl (C=O) groups is 2. The second-order valence-electron chi connectivity index (χ2n) is 10.8. The molecular weight excluding hydrogens is 460 g/mol. The van der Waals surface area contributed by atoms with Crippen LogP contribution in [0.15, 0.2) is 54.7 Å². The molecule has 0 unspecified atom stereocenters. The molecular formula is C28H35ClN4O2. The predicted molar refractivity (Wildman–Crippen MR) is 142 cm³/mol. The van der Waals surface area contributed by atoms with Gasteiger partial charge in [0.1, 0.15) is 6.04 Å². The van der Waals surface area contributed by atoms with E-state index >= 15 is 0 Å². The molecule has 5 rings (SSSR count). The third-order valence-electron chi connectivity index (χ3n) is 7.67. The first-order valence-electron chi connectivity index (χ1n) is 12.2. The van der Waals surface area contributed by atoms with Gasteiger partial charge >= 0.3 is 0 Å². The van der Waals surface area contributed by atoms with Crippen molar-refractivity contribution in [1.82, 2.24) is 15.2 Å². The number of benzene rings is 2. The average molecular weight is 495 g/mol. The Morgan fingerprint density at radius 2 is 1.66 bits per heavy atom. The molecule has 6 nitrogen and oxygen atoms in total. The van der Waals surface area contributed by atoms with Gasteiger partial charge in [-0.1, -0.05) is 42.5 Å². The average Bonchev–Trinajstić information content (AvgIpc) is 3.39. The van der Waals surface area contributed by atoms with Crippen LogP contribution in [0.3, 0.4) is 0 Å². The molecule has 0 bridgehead atoms. The number of likely N-dealkylation sites (tertiary alicyclic amines) is 1. The lowest BCUT2D eigenvalue weighted by molar-refractivity contribution is -0.139. The number of fused-ring (bicyclic) bond motifs is 2. The summed E-state index contributed by atoms with van der Waals surface area (Å²) in [6.07, 6.45) is 6.54. The highest BCUT2D eigenvalue weighted by atomic mass is 35.5.